The van der Waals surface area contributed by atoms with Gasteiger partial charge in [-0.15, -0.1) is 0 Å². The molecule has 7 nitrogen and oxygen atoms in total. The van der Waals surface area contributed by atoms with Gasteiger partial charge in [-0.3, -0.25) is 0 Å². The van der Waals surface area contributed by atoms with Crippen LogP contribution in [0.5, 0.6) is 0 Å². The van der Waals surface area contributed by atoms with Crippen LogP contribution >= 0.6 is 0 Å². The van der Waals surface area contributed by atoms with Crippen LogP contribution < -0.4 is 0 Å². The van der Waals surface area contributed by atoms with Gasteiger partial charge in [0.15, 0.2) is 6.10 Å². The Morgan fingerprint density at radius 3 is 1.79 bits per heavy atom. The molecule has 0 bridgehead atoms. The van der Waals surface area contributed by atoms with Gasteiger partial charge in [0.2, 0.25) is 0 Å². The van der Waals surface area contributed by atoms with Crippen molar-refractivity contribution in [1.29, 1.82) is 0 Å². The van der Waals surface area contributed by atoms with Gasteiger partial charge in [-0.1, -0.05) is 0 Å². The van der Waals surface area contributed by atoms with Crippen molar-refractivity contribution in [2.75, 3.05) is 6.61 Å². The average Bonchev–Trinajstić information content (AvgIpc) is 2.12. The normalized spacial score (nSPS) is 18.9. The van der Waals surface area contributed by atoms with Crippen LogP contribution in [0.15, 0.2) is 0 Å². The predicted octanol–water partition coefficient (Wildman–Crippen LogP) is -3.50. The van der Waals surface area contributed by atoms with Crippen molar-refractivity contribution in [1.82, 2.24) is 0 Å². The summed E-state index contributed by atoms with van der Waals surface area (Å²) in [5.74, 6) is -1.73. The third-order valence-corrected chi connectivity index (χ3v) is 1.51. The van der Waals surface area contributed by atoms with E-state index in [1.807, 2.05) is 0 Å². The molecule has 0 spiro atoms. The van der Waals surface area contributed by atoms with E-state index in [0.29, 0.717) is 0 Å². The van der Waals surface area contributed by atoms with Crippen LogP contribution in [0.1, 0.15) is 0 Å². The first-order valence-electron chi connectivity index (χ1n) is 3.47. The fraction of sp³-hybridized carbons (Fsp3) is 0.833. The minimum atomic E-state index is -2.20. The minimum Gasteiger partial charge on any atom is -0.479 e. The van der Waals surface area contributed by atoms with Crippen molar-refractivity contribution in [2.24, 2.45) is 0 Å². The van der Waals surface area contributed by atoms with Crippen molar-refractivity contribution in [3.8, 4) is 0 Å². The zero-order chi connectivity index (χ0) is 10.6. The largest absolute Gasteiger partial charge is 0.479 e. The maximum atomic E-state index is 10.1. The fourth-order valence-corrected chi connectivity index (χ4v) is 0.668. The Labute approximate surface area is 94.5 Å². The molecule has 0 fully saturated rings. The van der Waals surface area contributed by atoms with Crippen molar-refractivity contribution in [2.45, 2.75) is 24.4 Å². The van der Waals surface area contributed by atoms with Gasteiger partial charge in [-0.05, 0) is 0 Å². The molecule has 0 amide bonds. The van der Waals surface area contributed by atoms with E-state index in [2.05, 4.69) is 0 Å². The molecule has 0 aromatic rings. The summed E-state index contributed by atoms with van der Waals surface area (Å²) in [6.45, 7) is -0.843. The average molecular weight is 244 g/mol. The van der Waals surface area contributed by atoms with Crippen LogP contribution in [0.3, 0.4) is 0 Å². The molecule has 0 rings (SSSR count). The van der Waals surface area contributed by atoms with Crippen molar-refractivity contribution in [3.05, 3.63) is 0 Å². The molecule has 82 valence electrons. The number of aliphatic hydroxyl groups excluding tert-OH is 5. The molecule has 0 saturated carbocycles. The molecule has 6 N–H and O–H groups in total. The maximum absolute atomic E-state index is 10.1. The van der Waals surface area contributed by atoms with E-state index in [-0.39, 0.29) is 21.7 Å². The number of hydrogen-bond acceptors (Lipinski definition) is 6. The van der Waals surface area contributed by atoms with Gasteiger partial charge < -0.3 is 30.6 Å². The number of rotatable bonds is 5. The topological polar surface area (TPSA) is 138 Å². The predicted molar refractivity (Wildman–Crippen MR) is 38.7 cm³/mol. The zero-order valence-electron chi connectivity index (χ0n) is 7.11. The Bertz CT molecular complexity index is 176. The number of aliphatic hydroxyl groups is 5. The van der Waals surface area contributed by atoms with Gasteiger partial charge in [0.1, 0.15) is 18.3 Å². The van der Waals surface area contributed by atoms with E-state index in [9.17, 15) is 4.79 Å². The number of carbonyl (C=O) groups is 1. The third kappa shape index (κ3) is 4.47. The van der Waals surface area contributed by atoms with Gasteiger partial charge in [-0.2, -0.15) is 0 Å². The molecule has 0 heterocycles. The fourth-order valence-electron chi connectivity index (χ4n) is 0.668. The van der Waals surface area contributed by atoms with E-state index in [4.69, 9.17) is 30.6 Å². The van der Waals surface area contributed by atoms with Gasteiger partial charge in [0.05, 0.1) is 6.61 Å². The van der Waals surface area contributed by atoms with Crippen LogP contribution in [-0.4, -0.2) is 67.6 Å². The summed E-state index contributed by atoms with van der Waals surface area (Å²) in [6.07, 6.45) is -7.84. The second-order valence-electron chi connectivity index (χ2n) is 2.51. The Morgan fingerprint density at radius 1 is 1.07 bits per heavy atom. The first-order chi connectivity index (χ1) is 5.91. The minimum absolute atomic E-state index is 0. The van der Waals surface area contributed by atoms with Gasteiger partial charge in [0, 0.05) is 21.7 Å². The molecule has 14 heavy (non-hydrogen) atoms. The van der Waals surface area contributed by atoms with Crippen molar-refractivity contribution < 1.29 is 57.2 Å². The second-order valence-corrected chi connectivity index (χ2v) is 2.51. The quantitative estimate of drug-likeness (QED) is 0.276. The summed E-state index contributed by atoms with van der Waals surface area (Å²) in [5.41, 5.74) is 0. The Hall–Kier alpha value is -0.0157. The first kappa shape index (κ1) is 16.4. The molecule has 0 aromatic carbocycles. The van der Waals surface area contributed by atoms with E-state index in [0.717, 1.165) is 0 Å². The summed E-state index contributed by atoms with van der Waals surface area (Å²) in [6, 6.07) is 0. The summed E-state index contributed by atoms with van der Waals surface area (Å²) in [7, 11) is 0. The summed E-state index contributed by atoms with van der Waals surface area (Å²) in [5, 5.41) is 51.8. The monoisotopic (exact) mass is 244 g/mol. The second kappa shape index (κ2) is 7.30. The molecule has 0 radical (unpaired) electrons. The van der Waals surface area contributed by atoms with E-state index < -0.39 is 37.0 Å². The van der Waals surface area contributed by atoms with Crippen molar-refractivity contribution >= 4 is 5.97 Å². The molecule has 0 aliphatic heterocycles. The Kier molecular flexibility index (Phi) is 8.56. The van der Waals surface area contributed by atoms with E-state index in [1.165, 1.54) is 0 Å². The molecular weight excluding hydrogens is 232 g/mol. The molecule has 0 aromatic heterocycles. The number of carboxylic acid groups (broad SMARTS) is 1. The smallest absolute Gasteiger partial charge is 0.335 e. The van der Waals surface area contributed by atoms with E-state index >= 15 is 0 Å². The maximum Gasteiger partial charge on any atom is 0.335 e. The van der Waals surface area contributed by atoms with Crippen LogP contribution in [0.25, 0.3) is 0 Å². The van der Waals surface area contributed by atoms with Crippen LogP contribution in [0, 0.1) is 0 Å². The molecule has 0 aliphatic rings. The summed E-state index contributed by atoms with van der Waals surface area (Å²) >= 11 is 0. The van der Waals surface area contributed by atoms with Crippen molar-refractivity contribution in [3.63, 3.8) is 0 Å². The van der Waals surface area contributed by atoms with Crippen LogP contribution in [0.2, 0.25) is 0 Å². The van der Waals surface area contributed by atoms with Crippen LogP contribution in [-0.2, 0) is 26.5 Å². The van der Waals surface area contributed by atoms with E-state index in [1.54, 1.807) is 0 Å². The molecule has 0 aliphatic carbocycles. The van der Waals surface area contributed by atoms with Gasteiger partial charge in [-0.25, -0.2) is 4.79 Å². The van der Waals surface area contributed by atoms with Gasteiger partial charge >= 0.3 is 5.97 Å². The molecule has 0 saturated heterocycles. The zero-order valence-corrected chi connectivity index (χ0v) is 8.67. The third-order valence-electron chi connectivity index (χ3n) is 1.51. The summed E-state index contributed by atoms with van der Waals surface area (Å²) in [4.78, 5) is 10.1. The summed E-state index contributed by atoms with van der Waals surface area (Å²) < 4.78 is 0. The first-order valence-corrected chi connectivity index (χ1v) is 3.47. The Balaban J connectivity index is 0. The molecule has 4 atom stereocenters. The van der Waals surface area contributed by atoms with Crippen LogP contribution in [0.4, 0.5) is 0 Å². The number of carboxylic acids is 1. The number of aliphatic carboxylic acids is 1. The Morgan fingerprint density at radius 2 is 1.50 bits per heavy atom. The SMILES string of the molecule is O=C(O)C(O)C(O)C(O)C(O)CO.[Ti]. The van der Waals surface area contributed by atoms with Gasteiger partial charge in [0.25, 0.3) is 0 Å². The molecule has 4 unspecified atom stereocenters. The standard InChI is InChI=1S/C6H12O7.Ti/c7-1-2(8)3(9)4(10)5(11)6(12)13;/h2-5,7-11H,1H2,(H,12,13);. The number of hydrogen-bond donors (Lipinski definition) is 6. The molecular formula is C6H12O7Ti. The molecule has 8 heteroatoms.